The second-order valence-electron chi connectivity index (χ2n) is 4.44. The van der Waals surface area contributed by atoms with Crippen LogP contribution in [0.5, 0.6) is 0 Å². The summed E-state index contributed by atoms with van der Waals surface area (Å²) in [6, 6.07) is 5.67. The first-order valence-electron chi connectivity index (χ1n) is 5.95. The van der Waals surface area contributed by atoms with Crippen molar-refractivity contribution in [1.82, 2.24) is 9.71 Å². The highest BCUT2D eigenvalue weighted by Gasteiger charge is 2.19. The van der Waals surface area contributed by atoms with Crippen molar-refractivity contribution in [3.63, 3.8) is 0 Å². The molecule has 112 valence electrons. The quantitative estimate of drug-likeness (QED) is 0.805. The molecule has 3 N–H and O–H groups in total. The number of pyridine rings is 1. The van der Waals surface area contributed by atoms with Gasteiger partial charge in [-0.2, -0.15) is 0 Å². The molecule has 8 heteroatoms. The predicted molar refractivity (Wildman–Crippen MR) is 81.5 cm³/mol. The number of aryl methyl sites for hydroxylation is 1. The molecule has 0 aliphatic carbocycles. The maximum Gasteiger partial charge on any atom is 0.242 e. The number of hydrogen-bond donors (Lipinski definition) is 2. The summed E-state index contributed by atoms with van der Waals surface area (Å²) in [6.45, 7) is 1.92. The zero-order chi connectivity index (χ0) is 15.6. The van der Waals surface area contributed by atoms with Gasteiger partial charge >= 0.3 is 0 Å². The Bertz CT molecular complexity index is 764. The summed E-state index contributed by atoms with van der Waals surface area (Å²) in [4.78, 5) is 3.97. The van der Waals surface area contributed by atoms with Crippen molar-refractivity contribution in [2.75, 3.05) is 5.73 Å². The van der Waals surface area contributed by atoms with Gasteiger partial charge < -0.3 is 5.73 Å². The smallest absolute Gasteiger partial charge is 0.242 e. The molecular weight excluding hydrogens is 361 g/mol. The second kappa shape index (κ2) is 6.08. The lowest BCUT2D eigenvalue weighted by atomic mass is 10.2. The monoisotopic (exact) mass is 373 g/mol. The van der Waals surface area contributed by atoms with Gasteiger partial charge in [0.15, 0.2) is 0 Å². The SMILES string of the molecule is Cc1ccc(CNS(=O)(=O)c2cc(N)c(F)cc2Br)cn1. The molecule has 0 bridgehead atoms. The third kappa shape index (κ3) is 3.78. The Labute approximate surface area is 130 Å². The largest absolute Gasteiger partial charge is 0.396 e. The normalized spacial score (nSPS) is 11.6. The lowest BCUT2D eigenvalue weighted by molar-refractivity contribution is 0.580. The molecule has 0 aliphatic rings. The summed E-state index contributed by atoms with van der Waals surface area (Å²) in [5, 5.41) is 0. The summed E-state index contributed by atoms with van der Waals surface area (Å²) in [7, 11) is -3.81. The number of anilines is 1. The Kier molecular flexibility index (Phi) is 4.60. The fraction of sp³-hybridized carbons (Fsp3) is 0.154. The van der Waals surface area contributed by atoms with E-state index in [9.17, 15) is 12.8 Å². The van der Waals surface area contributed by atoms with Gasteiger partial charge in [-0.3, -0.25) is 4.98 Å². The van der Waals surface area contributed by atoms with Crippen molar-refractivity contribution in [2.45, 2.75) is 18.4 Å². The molecule has 1 aromatic carbocycles. The molecular formula is C13H13BrFN3O2S. The van der Waals surface area contributed by atoms with Crippen LogP contribution in [0, 0.1) is 12.7 Å². The number of nitrogen functional groups attached to an aromatic ring is 1. The van der Waals surface area contributed by atoms with Crippen LogP contribution in [0.3, 0.4) is 0 Å². The van der Waals surface area contributed by atoms with Crippen LogP contribution >= 0.6 is 15.9 Å². The summed E-state index contributed by atoms with van der Waals surface area (Å²) in [5.41, 5.74) is 6.75. The van der Waals surface area contributed by atoms with Gasteiger partial charge in [-0.25, -0.2) is 17.5 Å². The third-order valence-corrected chi connectivity index (χ3v) is 5.14. The molecule has 2 rings (SSSR count). The second-order valence-corrected chi connectivity index (χ2v) is 7.03. The summed E-state index contributed by atoms with van der Waals surface area (Å²) < 4.78 is 40.2. The number of nitrogens with one attached hydrogen (secondary N) is 1. The minimum Gasteiger partial charge on any atom is -0.396 e. The molecule has 0 saturated heterocycles. The average Bonchev–Trinajstić information content (AvgIpc) is 2.42. The minimum atomic E-state index is -3.81. The van der Waals surface area contributed by atoms with Crippen LogP contribution < -0.4 is 10.5 Å². The van der Waals surface area contributed by atoms with Gasteiger partial charge in [0, 0.05) is 22.9 Å². The Balaban J connectivity index is 2.22. The molecule has 0 saturated carbocycles. The van der Waals surface area contributed by atoms with E-state index in [2.05, 4.69) is 25.6 Å². The molecule has 2 aromatic rings. The molecule has 1 aromatic heterocycles. The number of rotatable bonds is 4. The number of nitrogens with zero attached hydrogens (tertiary/aromatic N) is 1. The number of halogens is 2. The Morgan fingerprint density at radius 1 is 1.38 bits per heavy atom. The van der Waals surface area contributed by atoms with Crippen LogP contribution in [-0.4, -0.2) is 13.4 Å². The third-order valence-electron chi connectivity index (χ3n) is 2.78. The molecule has 0 amide bonds. The van der Waals surface area contributed by atoms with E-state index in [4.69, 9.17) is 5.73 Å². The summed E-state index contributed by atoms with van der Waals surface area (Å²) >= 11 is 3.03. The van der Waals surface area contributed by atoms with Gasteiger partial charge in [0.2, 0.25) is 10.0 Å². The summed E-state index contributed by atoms with van der Waals surface area (Å²) in [6.07, 6.45) is 1.59. The highest BCUT2D eigenvalue weighted by Crippen LogP contribution is 2.26. The Morgan fingerprint density at radius 3 is 2.71 bits per heavy atom. The highest BCUT2D eigenvalue weighted by molar-refractivity contribution is 9.10. The van der Waals surface area contributed by atoms with E-state index in [0.717, 1.165) is 23.4 Å². The van der Waals surface area contributed by atoms with Gasteiger partial charge in [-0.05, 0) is 46.6 Å². The number of sulfonamides is 1. The maximum absolute atomic E-state index is 13.3. The zero-order valence-electron chi connectivity index (χ0n) is 11.1. The molecule has 21 heavy (non-hydrogen) atoms. The van der Waals surface area contributed by atoms with Gasteiger partial charge in [-0.1, -0.05) is 6.07 Å². The fourth-order valence-corrected chi connectivity index (χ4v) is 3.67. The van der Waals surface area contributed by atoms with Crippen molar-refractivity contribution in [3.8, 4) is 0 Å². The van der Waals surface area contributed by atoms with Crippen molar-refractivity contribution >= 4 is 31.6 Å². The number of aromatic nitrogens is 1. The lowest BCUT2D eigenvalue weighted by Crippen LogP contribution is -2.24. The lowest BCUT2D eigenvalue weighted by Gasteiger charge is -2.10. The van der Waals surface area contributed by atoms with Crippen LogP contribution in [0.4, 0.5) is 10.1 Å². The fourth-order valence-electron chi connectivity index (χ4n) is 1.61. The first-order valence-corrected chi connectivity index (χ1v) is 8.23. The standard InChI is InChI=1S/C13H13BrFN3O2S/c1-8-2-3-9(6-17-8)7-18-21(19,20)13-5-12(16)11(15)4-10(13)14/h2-6,18H,7,16H2,1H3. The van der Waals surface area contributed by atoms with E-state index < -0.39 is 15.8 Å². The van der Waals surface area contributed by atoms with Crippen molar-refractivity contribution in [1.29, 1.82) is 0 Å². The van der Waals surface area contributed by atoms with Crippen LogP contribution in [0.15, 0.2) is 39.8 Å². The topological polar surface area (TPSA) is 85.1 Å². The Morgan fingerprint density at radius 2 is 2.10 bits per heavy atom. The van der Waals surface area contributed by atoms with Crippen LogP contribution in [-0.2, 0) is 16.6 Å². The van der Waals surface area contributed by atoms with E-state index in [1.54, 1.807) is 18.3 Å². The predicted octanol–water partition coefficient (Wildman–Crippen LogP) is 2.35. The first kappa shape index (κ1) is 15.9. The molecule has 0 atom stereocenters. The number of benzene rings is 1. The van der Waals surface area contributed by atoms with Crippen LogP contribution in [0.25, 0.3) is 0 Å². The molecule has 5 nitrogen and oxygen atoms in total. The maximum atomic E-state index is 13.3. The van der Waals surface area contributed by atoms with Gasteiger partial charge in [0.25, 0.3) is 0 Å². The van der Waals surface area contributed by atoms with E-state index in [-0.39, 0.29) is 21.6 Å². The summed E-state index contributed by atoms with van der Waals surface area (Å²) in [5.74, 6) is -0.677. The van der Waals surface area contributed by atoms with Crippen molar-refractivity contribution in [3.05, 3.63) is 52.0 Å². The first-order chi connectivity index (χ1) is 9.79. The van der Waals surface area contributed by atoms with E-state index in [1.165, 1.54) is 0 Å². The van der Waals surface area contributed by atoms with Crippen molar-refractivity contribution < 1.29 is 12.8 Å². The molecule has 0 spiro atoms. The average molecular weight is 374 g/mol. The number of nitrogens with two attached hydrogens (primary N) is 1. The van der Waals surface area contributed by atoms with E-state index in [0.29, 0.717) is 0 Å². The van der Waals surface area contributed by atoms with E-state index >= 15 is 0 Å². The van der Waals surface area contributed by atoms with Gasteiger partial charge in [0.05, 0.1) is 10.6 Å². The van der Waals surface area contributed by atoms with Crippen LogP contribution in [0.1, 0.15) is 11.3 Å². The van der Waals surface area contributed by atoms with Crippen LogP contribution in [0.2, 0.25) is 0 Å². The van der Waals surface area contributed by atoms with E-state index in [1.807, 2.05) is 6.92 Å². The molecule has 0 fully saturated rings. The van der Waals surface area contributed by atoms with Gasteiger partial charge in [0.1, 0.15) is 5.82 Å². The minimum absolute atomic E-state index is 0.0827. The highest BCUT2D eigenvalue weighted by atomic mass is 79.9. The Hall–Kier alpha value is -1.51. The molecule has 1 heterocycles. The van der Waals surface area contributed by atoms with Gasteiger partial charge in [-0.15, -0.1) is 0 Å². The zero-order valence-corrected chi connectivity index (χ0v) is 13.5. The molecule has 0 unspecified atom stereocenters. The molecule has 0 radical (unpaired) electrons. The van der Waals surface area contributed by atoms with Crippen molar-refractivity contribution in [2.24, 2.45) is 0 Å². The number of hydrogen-bond acceptors (Lipinski definition) is 4. The molecule has 0 aliphatic heterocycles.